The van der Waals surface area contributed by atoms with Crippen LogP contribution in [0, 0.1) is 0 Å². The number of methoxy groups -OCH3 is 2. The largest absolute Gasteiger partial charge is 0.497 e. The second kappa shape index (κ2) is 8.97. The van der Waals surface area contributed by atoms with E-state index >= 15 is 0 Å². The molecule has 0 saturated carbocycles. The first-order valence-corrected chi connectivity index (χ1v) is 8.33. The van der Waals surface area contributed by atoms with E-state index in [1.807, 2.05) is 56.3 Å². The van der Waals surface area contributed by atoms with Crippen molar-refractivity contribution in [3.05, 3.63) is 54.1 Å². The number of rotatable bonds is 8. The summed E-state index contributed by atoms with van der Waals surface area (Å²) in [6.07, 6.45) is -0.0222. The summed E-state index contributed by atoms with van der Waals surface area (Å²) < 4.78 is 16.4. The van der Waals surface area contributed by atoms with Gasteiger partial charge in [0.1, 0.15) is 17.2 Å². The standard InChI is InChI=1S/C20H25NO4/c1-5-18(25-16-10-8-9-15(13-16)23-3)20(22)21-14(2)17-11-6-7-12-19(17)24-4/h6-14,18H,5H2,1-4H3,(H,21,22)/t14-,18-/m1/s1. The minimum atomic E-state index is -0.579. The van der Waals surface area contributed by atoms with Gasteiger partial charge in [0.05, 0.1) is 20.3 Å². The van der Waals surface area contributed by atoms with Crippen LogP contribution < -0.4 is 19.5 Å². The molecule has 0 spiro atoms. The lowest BCUT2D eigenvalue weighted by molar-refractivity contribution is -0.128. The average Bonchev–Trinajstić information content (AvgIpc) is 2.65. The summed E-state index contributed by atoms with van der Waals surface area (Å²) in [4.78, 5) is 12.6. The van der Waals surface area contributed by atoms with Crippen molar-refractivity contribution in [1.82, 2.24) is 5.32 Å². The molecule has 0 bridgehead atoms. The first-order valence-electron chi connectivity index (χ1n) is 8.33. The van der Waals surface area contributed by atoms with Crippen molar-refractivity contribution in [2.24, 2.45) is 0 Å². The highest BCUT2D eigenvalue weighted by molar-refractivity contribution is 5.81. The number of para-hydroxylation sites is 1. The molecular formula is C20H25NO4. The van der Waals surface area contributed by atoms with Gasteiger partial charge >= 0.3 is 0 Å². The summed E-state index contributed by atoms with van der Waals surface area (Å²) in [5, 5.41) is 3.00. The normalized spacial score (nSPS) is 12.8. The van der Waals surface area contributed by atoms with Crippen LogP contribution in [0.5, 0.6) is 17.2 Å². The van der Waals surface area contributed by atoms with Crippen LogP contribution in [-0.4, -0.2) is 26.2 Å². The van der Waals surface area contributed by atoms with E-state index in [9.17, 15) is 4.79 Å². The third kappa shape index (κ3) is 4.89. The molecule has 0 aromatic heterocycles. The lowest BCUT2D eigenvalue weighted by atomic mass is 10.1. The Balaban J connectivity index is 2.06. The van der Waals surface area contributed by atoms with E-state index in [0.717, 1.165) is 11.3 Å². The van der Waals surface area contributed by atoms with Crippen molar-refractivity contribution in [3.63, 3.8) is 0 Å². The number of hydrogen-bond donors (Lipinski definition) is 1. The van der Waals surface area contributed by atoms with Gasteiger partial charge in [-0.25, -0.2) is 0 Å². The monoisotopic (exact) mass is 343 g/mol. The van der Waals surface area contributed by atoms with Gasteiger partial charge in [0.2, 0.25) is 0 Å². The van der Waals surface area contributed by atoms with Crippen LogP contribution in [-0.2, 0) is 4.79 Å². The molecule has 0 saturated heterocycles. The van der Waals surface area contributed by atoms with Crippen molar-refractivity contribution in [1.29, 1.82) is 0 Å². The SMILES string of the molecule is CC[C@@H](Oc1cccc(OC)c1)C(=O)N[C@H](C)c1ccccc1OC. The molecule has 2 aromatic carbocycles. The number of ether oxygens (including phenoxy) is 3. The molecule has 0 fully saturated rings. The highest BCUT2D eigenvalue weighted by atomic mass is 16.5. The number of nitrogens with one attached hydrogen (secondary N) is 1. The summed E-state index contributed by atoms with van der Waals surface area (Å²) in [5.41, 5.74) is 0.926. The van der Waals surface area contributed by atoms with Crippen molar-refractivity contribution in [2.45, 2.75) is 32.4 Å². The topological polar surface area (TPSA) is 56.8 Å². The molecule has 0 heterocycles. The molecule has 5 heteroatoms. The van der Waals surface area contributed by atoms with Gasteiger partial charge in [-0.1, -0.05) is 31.2 Å². The fraction of sp³-hybridized carbons (Fsp3) is 0.350. The Hall–Kier alpha value is -2.69. The Labute approximate surface area is 148 Å². The van der Waals surface area contributed by atoms with Crippen molar-refractivity contribution < 1.29 is 19.0 Å². The summed E-state index contributed by atoms with van der Waals surface area (Å²) >= 11 is 0. The van der Waals surface area contributed by atoms with E-state index < -0.39 is 6.10 Å². The zero-order chi connectivity index (χ0) is 18.2. The van der Waals surface area contributed by atoms with Gasteiger partial charge in [0.25, 0.3) is 5.91 Å². The van der Waals surface area contributed by atoms with Gasteiger partial charge in [0, 0.05) is 11.6 Å². The minimum absolute atomic E-state index is 0.163. The van der Waals surface area contributed by atoms with Gasteiger partial charge in [-0.3, -0.25) is 4.79 Å². The second-order valence-electron chi connectivity index (χ2n) is 5.67. The van der Waals surface area contributed by atoms with E-state index in [0.29, 0.717) is 17.9 Å². The van der Waals surface area contributed by atoms with Crippen molar-refractivity contribution in [3.8, 4) is 17.2 Å². The molecule has 2 aromatic rings. The number of benzene rings is 2. The molecule has 134 valence electrons. The summed E-state index contributed by atoms with van der Waals surface area (Å²) in [6, 6.07) is 14.7. The maximum Gasteiger partial charge on any atom is 0.261 e. The molecule has 25 heavy (non-hydrogen) atoms. The van der Waals surface area contributed by atoms with Gasteiger partial charge in [-0.2, -0.15) is 0 Å². The highest BCUT2D eigenvalue weighted by Gasteiger charge is 2.22. The van der Waals surface area contributed by atoms with Gasteiger partial charge in [-0.15, -0.1) is 0 Å². The Kier molecular flexibility index (Phi) is 6.69. The molecule has 0 radical (unpaired) electrons. The van der Waals surface area contributed by atoms with Crippen LogP contribution in [0.15, 0.2) is 48.5 Å². The third-order valence-electron chi connectivity index (χ3n) is 3.95. The summed E-state index contributed by atoms with van der Waals surface area (Å²) in [7, 11) is 3.21. The van der Waals surface area contributed by atoms with E-state index in [1.54, 1.807) is 20.3 Å². The maximum atomic E-state index is 12.6. The zero-order valence-electron chi connectivity index (χ0n) is 15.1. The lowest BCUT2D eigenvalue weighted by Gasteiger charge is -2.22. The fourth-order valence-electron chi connectivity index (χ4n) is 2.57. The summed E-state index contributed by atoms with van der Waals surface area (Å²) in [5.74, 6) is 1.88. The van der Waals surface area contributed by atoms with Crippen LogP contribution in [0.4, 0.5) is 0 Å². The fourth-order valence-corrected chi connectivity index (χ4v) is 2.57. The van der Waals surface area contributed by atoms with Crippen LogP contribution in [0.2, 0.25) is 0 Å². The molecule has 0 aliphatic heterocycles. The molecule has 5 nitrogen and oxygen atoms in total. The van der Waals surface area contributed by atoms with Gasteiger partial charge < -0.3 is 19.5 Å². The average molecular weight is 343 g/mol. The van der Waals surface area contributed by atoms with E-state index in [-0.39, 0.29) is 11.9 Å². The zero-order valence-corrected chi connectivity index (χ0v) is 15.1. The first kappa shape index (κ1) is 18.6. The predicted octanol–water partition coefficient (Wildman–Crippen LogP) is 3.74. The van der Waals surface area contributed by atoms with Crippen molar-refractivity contribution >= 4 is 5.91 Å². The van der Waals surface area contributed by atoms with Crippen molar-refractivity contribution in [2.75, 3.05) is 14.2 Å². The van der Waals surface area contributed by atoms with E-state index in [1.165, 1.54) is 0 Å². The molecule has 1 N–H and O–H groups in total. The Morgan fingerprint density at radius 2 is 1.76 bits per heavy atom. The van der Waals surface area contributed by atoms with Crippen LogP contribution >= 0.6 is 0 Å². The number of amides is 1. The highest BCUT2D eigenvalue weighted by Crippen LogP contribution is 2.25. The second-order valence-corrected chi connectivity index (χ2v) is 5.67. The van der Waals surface area contributed by atoms with E-state index in [4.69, 9.17) is 14.2 Å². The molecule has 0 unspecified atom stereocenters. The Bertz CT molecular complexity index is 702. The lowest BCUT2D eigenvalue weighted by Crippen LogP contribution is -2.39. The molecule has 0 aliphatic rings. The van der Waals surface area contributed by atoms with Crippen LogP contribution in [0.1, 0.15) is 31.9 Å². The van der Waals surface area contributed by atoms with E-state index in [2.05, 4.69) is 5.32 Å². The quantitative estimate of drug-likeness (QED) is 0.793. The molecule has 1 amide bonds. The maximum absolute atomic E-state index is 12.6. The van der Waals surface area contributed by atoms with Gasteiger partial charge in [-0.05, 0) is 31.5 Å². The van der Waals surface area contributed by atoms with Gasteiger partial charge in [0.15, 0.2) is 6.10 Å². The first-order chi connectivity index (χ1) is 12.1. The summed E-state index contributed by atoms with van der Waals surface area (Å²) in [6.45, 7) is 3.84. The molecule has 0 aliphatic carbocycles. The molecular weight excluding hydrogens is 318 g/mol. The van der Waals surface area contributed by atoms with Crippen LogP contribution in [0.25, 0.3) is 0 Å². The minimum Gasteiger partial charge on any atom is -0.497 e. The predicted molar refractivity (Wildman–Crippen MR) is 97.3 cm³/mol. The number of carbonyl (C=O) groups is 1. The van der Waals surface area contributed by atoms with Crippen LogP contribution in [0.3, 0.4) is 0 Å². The number of hydrogen-bond acceptors (Lipinski definition) is 4. The molecule has 2 rings (SSSR count). The Morgan fingerprint density at radius 3 is 2.44 bits per heavy atom. The smallest absolute Gasteiger partial charge is 0.261 e. The third-order valence-corrected chi connectivity index (χ3v) is 3.95. The Morgan fingerprint density at radius 1 is 1.04 bits per heavy atom. The number of carbonyl (C=O) groups excluding carboxylic acids is 1. The molecule has 2 atom stereocenters.